The normalized spacial score (nSPS) is 13.0. The first-order chi connectivity index (χ1) is 9.97. The Labute approximate surface area is 136 Å². The van der Waals surface area contributed by atoms with Crippen molar-refractivity contribution in [2.75, 3.05) is 7.11 Å². The first-order valence-corrected chi connectivity index (χ1v) is 8.28. The fourth-order valence-corrected chi connectivity index (χ4v) is 2.89. The van der Waals surface area contributed by atoms with E-state index in [1.807, 2.05) is 12.1 Å². The minimum atomic E-state index is 0.186. The monoisotopic (exact) mass is 346 g/mol. The van der Waals surface area contributed by atoms with Crippen LogP contribution in [0.4, 0.5) is 0 Å². The second kappa shape index (κ2) is 6.65. The lowest BCUT2D eigenvalue weighted by Gasteiger charge is -2.24. The van der Waals surface area contributed by atoms with Crippen LogP contribution in [0.1, 0.15) is 48.7 Å². The summed E-state index contributed by atoms with van der Waals surface area (Å²) in [6.07, 6.45) is 1.14. The average Bonchev–Trinajstić information content (AvgIpc) is 2.54. The molecule has 0 aromatic heterocycles. The molecule has 1 unspecified atom stereocenters. The van der Waals surface area contributed by atoms with Crippen molar-refractivity contribution in [3.05, 3.63) is 65.2 Å². The summed E-state index contributed by atoms with van der Waals surface area (Å²) in [4.78, 5) is 0.186. The summed E-state index contributed by atoms with van der Waals surface area (Å²) in [5.74, 6) is 0.890. The average molecular weight is 347 g/mol. The van der Waals surface area contributed by atoms with Gasteiger partial charge in [0, 0.05) is 0 Å². The Balaban J connectivity index is 2.25. The van der Waals surface area contributed by atoms with Crippen molar-refractivity contribution in [1.82, 2.24) is 0 Å². The van der Waals surface area contributed by atoms with Gasteiger partial charge in [-0.3, -0.25) is 0 Å². The van der Waals surface area contributed by atoms with Gasteiger partial charge in [0.25, 0.3) is 0 Å². The van der Waals surface area contributed by atoms with Crippen LogP contribution in [0.2, 0.25) is 0 Å². The van der Waals surface area contributed by atoms with Gasteiger partial charge >= 0.3 is 0 Å². The highest BCUT2D eigenvalue weighted by atomic mass is 79.9. The molecule has 0 fully saturated rings. The van der Waals surface area contributed by atoms with Crippen LogP contribution < -0.4 is 4.74 Å². The van der Waals surface area contributed by atoms with Crippen molar-refractivity contribution >= 4 is 15.9 Å². The van der Waals surface area contributed by atoms with Crippen molar-refractivity contribution in [3.63, 3.8) is 0 Å². The summed E-state index contributed by atoms with van der Waals surface area (Å²) in [7, 11) is 1.70. The van der Waals surface area contributed by atoms with Crippen LogP contribution in [-0.2, 0) is 5.41 Å². The van der Waals surface area contributed by atoms with Gasteiger partial charge in [-0.2, -0.15) is 0 Å². The van der Waals surface area contributed by atoms with Gasteiger partial charge in [0.15, 0.2) is 0 Å². The van der Waals surface area contributed by atoms with Gasteiger partial charge in [0.05, 0.1) is 11.9 Å². The Kier molecular flexibility index (Phi) is 5.10. The molecule has 0 saturated carbocycles. The molecule has 0 amide bonds. The topological polar surface area (TPSA) is 9.23 Å². The highest BCUT2D eigenvalue weighted by molar-refractivity contribution is 9.09. The van der Waals surface area contributed by atoms with E-state index in [2.05, 4.69) is 73.1 Å². The quantitative estimate of drug-likeness (QED) is 0.615. The number of hydrogen-bond donors (Lipinski definition) is 0. The smallest absolute Gasteiger partial charge is 0.119 e. The lowest BCUT2D eigenvalue weighted by molar-refractivity contribution is 0.414. The second-order valence-electron chi connectivity index (χ2n) is 6.00. The molecule has 1 nitrogen and oxygen atoms in total. The number of ether oxygens (including phenoxy) is 1. The Morgan fingerprint density at radius 1 is 1.05 bits per heavy atom. The van der Waals surface area contributed by atoms with Gasteiger partial charge in [0.1, 0.15) is 5.75 Å². The van der Waals surface area contributed by atoms with Crippen LogP contribution in [0.25, 0.3) is 0 Å². The minimum Gasteiger partial charge on any atom is -0.497 e. The summed E-state index contributed by atoms with van der Waals surface area (Å²) in [6, 6.07) is 17.1. The van der Waals surface area contributed by atoms with E-state index in [-0.39, 0.29) is 10.2 Å². The molecule has 2 aromatic rings. The molecule has 2 heteroatoms. The number of hydrogen-bond acceptors (Lipinski definition) is 1. The third kappa shape index (κ3) is 3.68. The predicted molar refractivity (Wildman–Crippen MR) is 93.5 cm³/mol. The van der Waals surface area contributed by atoms with Crippen molar-refractivity contribution in [3.8, 4) is 5.75 Å². The van der Waals surface area contributed by atoms with Gasteiger partial charge in [0.2, 0.25) is 0 Å². The molecule has 0 aliphatic carbocycles. The number of rotatable bonds is 5. The number of benzene rings is 2. The van der Waals surface area contributed by atoms with Gasteiger partial charge in [-0.25, -0.2) is 0 Å². The van der Waals surface area contributed by atoms with E-state index in [0.717, 1.165) is 12.2 Å². The van der Waals surface area contributed by atoms with E-state index in [9.17, 15) is 0 Å². The van der Waals surface area contributed by atoms with E-state index in [1.165, 1.54) is 16.7 Å². The first kappa shape index (κ1) is 16.1. The molecule has 112 valence electrons. The number of alkyl halides is 1. The maximum atomic E-state index is 5.30. The lowest BCUT2D eigenvalue weighted by Crippen LogP contribution is -2.15. The predicted octanol–water partition coefficient (Wildman–Crippen LogP) is 5.87. The molecule has 0 saturated heterocycles. The van der Waals surface area contributed by atoms with Crippen molar-refractivity contribution < 1.29 is 4.74 Å². The molecular formula is C19H23BrO. The zero-order valence-electron chi connectivity index (χ0n) is 13.2. The van der Waals surface area contributed by atoms with Crippen LogP contribution in [0.3, 0.4) is 0 Å². The molecule has 21 heavy (non-hydrogen) atoms. The SMILES string of the molecule is CCC(C)(C)c1ccc(C(Br)c2cccc(OC)c2)cc1. The van der Waals surface area contributed by atoms with E-state index < -0.39 is 0 Å². The second-order valence-corrected chi connectivity index (χ2v) is 6.91. The van der Waals surface area contributed by atoms with Crippen molar-refractivity contribution in [2.24, 2.45) is 0 Å². The highest BCUT2D eigenvalue weighted by Crippen LogP contribution is 2.34. The van der Waals surface area contributed by atoms with E-state index in [4.69, 9.17) is 4.74 Å². The fraction of sp³-hybridized carbons (Fsp3) is 0.368. The summed E-state index contributed by atoms with van der Waals surface area (Å²) < 4.78 is 5.30. The molecule has 0 aliphatic rings. The number of methoxy groups -OCH3 is 1. The Bertz CT molecular complexity index is 587. The van der Waals surface area contributed by atoms with Gasteiger partial charge in [-0.15, -0.1) is 0 Å². The molecule has 0 heterocycles. The van der Waals surface area contributed by atoms with Crippen LogP contribution in [-0.4, -0.2) is 7.11 Å². The molecule has 2 aromatic carbocycles. The minimum absolute atomic E-state index is 0.186. The summed E-state index contributed by atoms with van der Waals surface area (Å²) >= 11 is 3.79. The third-order valence-electron chi connectivity index (χ3n) is 4.26. The lowest BCUT2D eigenvalue weighted by atomic mass is 9.82. The maximum Gasteiger partial charge on any atom is 0.119 e. The van der Waals surface area contributed by atoms with E-state index >= 15 is 0 Å². The summed E-state index contributed by atoms with van der Waals surface area (Å²) in [6.45, 7) is 6.81. The zero-order chi connectivity index (χ0) is 15.5. The largest absolute Gasteiger partial charge is 0.497 e. The van der Waals surface area contributed by atoms with Crippen LogP contribution in [0.15, 0.2) is 48.5 Å². The number of halogens is 1. The zero-order valence-corrected chi connectivity index (χ0v) is 14.8. The Morgan fingerprint density at radius 2 is 1.71 bits per heavy atom. The first-order valence-electron chi connectivity index (χ1n) is 7.36. The van der Waals surface area contributed by atoms with Crippen molar-refractivity contribution in [2.45, 2.75) is 37.4 Å². The summed E-state index contributed by atoms with van der Waals surface area (Å²) in [5, 5.41) is 0. The van der Waals surface area contributed by atoms with Gasteiger partial charge < -0.3 is 4.74 Å². The maximum absolute atomic E-state index is 5.30. The molecule has 0 bridgehead atoms. The fourth-order valence-electron chi connectivity index (χ4n) is 2.30. The third-order valence-corrected chi connectivity index (χ3v) is 5.31. The highest BCUT2D eigenvalue weighted by Gasteiger charge is 2.18. The molecule has 0 N–H and O–H groups in total. The molecular weight excluding hydrogens is 324 g/mol. The Hall–Kier alpha value is -1.28. The molecule has 0 aliphatic heterocycles. The molecule has 2 rings (SSSR count). The van der Waals surface area contributed by atoms with Crippen molar-refractivity contribution in [1.29, 1.82) is 0 Å². The Morgan fingerprint density at radius 3 is 2.29 bits per heavy atom. The molecule has 0 spiro atoms. The van der Waals surface area contributed by atoms with Gasteiger partial charge in [-0.05, 0) is 40.7 Å². The van der Waals surface area contributed by atoms with Crippen LogP contribution in [0.5, 0.6) is 5.75 Å². The van der Waals surface area contributed by atoms with E-state index in [1.54, 1.807) is 7.11 Å². The van der Waals surface area contributed by atoms with Crippen LogP contribution >= 0.6 is 15.9 Å². The summed E-state index contributed by atoms with van der Waals surface area (Å²) in [5.41, 5.74) is 4.09. The standard InChI is InChI=1S/C19H23BrO/c1-5-19(2,3)16-11-9-14(10-12-16)18(20)15-7-6-8-17(13-15)21-4/h6-13,18H,5H2,1-4H3. The molecule has 0 radical (unpaired) electrons. The van der Waals surface area contributed by atoms with E-state index in [0.29, 0.717) is 0 Å². The van der Waals surface area contributed by atoms with Crippen LogP contribution in [0, 0.1) is 0 Å². The molecule has 1 atom stereocenters. The van der Waals surface area contributed by atoms with Gasteiger partial charge in [-0.1, -0.05) is 73.1 Å².